The van der Waals surface area contributed by atoms with Gasteiger partial charge in [-0.1, -0.05) is 34.8 Å². The summed E-state index contributed by atoms with van der Waals surface area (Å²) in [6.07, 6.45) is 0. The SMILES string of the molecule is [O-]c1nc(Cl)c(Cl)cc1Cl. The van der Waals surface area contributed by atoms with Crippen molar-refractivity contribution in [3.63, 3.8) is 0 Å². The summed E-state index contributed by atoms with van der Waals surface area (Å²) in [5.41, 5.74) is 0. The first-order valence-electron chi connectivity index (χ1n) is 2.30. The Balaban J connectivity index is 3.28. The van der Waals surface area contributed by atoms with Gasteiger partial charge in [-0.25, -0.2) is 4.98 Å². The van der Waals surface area contributed by atoms with Crippen LogP contribution in [-0.2, 0) is 0 Å². The van der Waals surface area contributed by atoms with E-state index in [1.54, 1.807) is 0 Å². The van der Waals surface area contributed by atoms with Gasteiger partial charge < -0.3 is 5.11 Å². The van der Waals surface area contributed by atoms with Crippen molar-refractivity contribution in [3.8, 4) is 5.88 Å². The normalized spacial score (nSPS) is 9.90. The molecular formula is C5HCl3NO-. The third-order valence-corrected chi connectivity index (χ3v) is 1.80. The third kappa shape index (κ3) is 1.45. The van der Waals surface area contributed by atoms with Crippen LogP contribution in [0.2, 0.25) is 15.2 Å². The van der Waals surface area contributed by atoms with Crippen molar-refractivity contribution in [1.82, 2.24) is 4.98 Å². The minimum absolute atomic E-state index is 0.0175. The molecule has 54 valence electrons. The standard InChI is InChI=1S/C5H2Cl3NO/c6-2-1-3(7)5(10)9-4(2)8/h1H,(H,9,10)/p-1. The molecule has 0 fully saturated rings. The Labute approximate surface area is 72.4 Å². The first-order valence-corrected chi connectivity index (χ1v) is 3.43. The van der Waals surface area contributed by atoms with Gasteiger partial charge >= 0.3 is 0 Å². The third-order valence-electron chi connectivity index (χ3n) is 0.855. The lowest BCUT2D eigenvalue weighted by Gasteiger charge is -2.06. The van der Waals surface area contributed by atoms with Gasteiger partial charge in [0.25, 0.3) is 0 Å². The number of nitrogens with zero attached hydrogens (tertiary/aromatic N) is 1. The van der Waals surface area contributed by atoms with Crippen molar-refractivity contribution in [3.05, 3.63) is 21.3 Å². The smallest absolute Gasteiger partial charge is 0.146 e. The van der Waals surface area contributed by atoms with E-state index >= 15 is 0 Å². The topological polar surface area (TPSA) is 36.0 Å². The highest BCUT2D eigenvalue weighted by Gasteiger charge is 1.99. The van der Waals surface area contributed by atoms with E-state index in [0.29, 0.717) is 0 Å². The molecule has 0 saturated carbocycles. The van der Waals surface area contributed by atoms with Crippen LogP contribution in [0.4, 0.5) is 0 Å². The summed E-state index contributed by atoms with van der Waals surface area (Å²) in [4.78, 5) is 3.32. The van der Waals surface area contributed by atoms with Gasteiger partial charge in [-0.3, -0.25) is 0 Å². The monoisotopic (exact) mass is 196 g/mol. The highest BCUT2D eigenvalue weighted by Crippen LogP contribution is 2.27. The van der Waals surface area contributed by atoms with Crippen molar-refractivity contribution in [1.29, 1.82) is 0 Å². The van der Waals surface area contributed by atoms with Crippen LogP contribution < -0.4 is 5.11 Å². The second-order valence-electron chi connectivity index (χ2n) is 1.55. The van der Waals surface area contributed by atoms with E-state index in [4.69, 9.17) is 34.8 Å². The van der Waals surface area contributed by atoms with Crippen LogP contribution >= 0.6 is 34.8 Å². The Morgan fingerprint density at radius 1 is 1.20 bits per heavy atom. The molecule has 0 aliphatic rings. The summed E-state index contributed by atoms with van der Waals surface area (Å²) in [5, 5.41) is 10.8. The van der Waals surface area contributed by atoms with Gasteiger partial charge in [0, 0.05) is 5.88 Å². The summed E-state index contributed by atoms with van der Waals surface area (Å²) < 4.78 is 0. The number of halogens is 3. The Hall–Kier alpha value is -0.180. The van der Waals surface area contributed by atoms with E-state index in [-0.39, 0.29) is 15.2 Å². The van der Waals surface area contributed by atoms with E-state index in [0.717, 1.165) is 0 Å². The summed E-state index contributed by atoms with van der Waals surface area (Å²) in [5.74, 6) is -0.559. The molecule has 0 saturated heterocycles. The van der Waals surface area contributed by atoms with Gasteiger partial charge in [-0.05, 0) is 6.07 Å². The van der Waals surface area contributed by atoms with E-state index in [1.807, 2.05) is 0 Å². The average Bonchev–Trinajstić information content (AvgIpc) is 1.84. The molecule has 0 spiro atoms. The minimum Gasteiger partial charge on any atom is -0.858 e. The number of hydrogen-bond donors (Lipinski definition) is 0. The maximum absolute atomic E-state index is 10.6. The summed E-state index contributed by atoms with van der Waals surface area (Å²) >= 11 is 16.2. The zero-order valence-corrected chi connectivity index (χ0v) is 6.83. The molecule has 0 aliphatic carbocycles. The molecule has 0 N–H and O–H groups in total. The zero-order valence-electron chi connectivity index (χ0n) is 4.57. The van der Waals surface area contributed by atoms with Crippen LogP contribution in [-0.4, -0.2) is 4.98 Å². The van der Waals surface area contributed by atoms with E-state index < -0.39 is 5.88 Å². The Morgan fingerprint density at radius 3 is 2.30 bits per heavy atom. The number of aromatic nitrogens is 1. The van der Waals surface area contributed by atoms with Gasteiger partial charge in [0.15, 0.2) is 0 Å². The van der Waals surface area contributed by atoms with Crippen molar-refractivity contribution < 1.29 is 5.11 Å². The fraction of sp³-hybridized carbons (Fsp3) is 0. The zero-order chi connectivity index (χ0) is 7.72. The molecule has 1 rings (SSSR count). The van der Waals surface area contributed by atoms with Crippen LogP contribution in [0.5, 0.6) is 5.88 Å². The average molecular weight is 197 g/mol. The molecule has 10 heavy (non-hydrogen) atoms. The molecule has 2 nitrogen and oxygen atoms in total. The molecule has 1 heterocycles. The van der Waals surface area contributed by atoms with Crippen molar-refractivity contribution in [2.45, 2.75) is 0 Å². The van der Waals surface area contributed by atoms with Crippen molar-refractivity contribution in [2.75, 3.05) is 0 Å². The fourth-order valence-electron chi connectivity index (χ4n) is 0.429. The Bertz CT molecular complexity index is 213. The van der Waals surface area contributed by atoms with E-state index in [9.17, 15) is 5.11 Å². The maximum atomic E-state index is 10.6. The molecular weight excluding hydrogens is 196 g/mol. The van der Waals surface area contributed by atoms with Gasteiger partial charge in [-0.2, -0.15) is 0 Å². The highest BCUT2D eigenvalue weighted by molar-refractivity contribution is 6.42. The molecule has 0 aliphatic heterocycles. The van der Waals surface area contributed by atoms with Crippen LogP contribution in [0.3, 0.4) is 0 Å². The summed E-state index contributed by atoms with van der Waals surface area (Å²) in [7, 11) is 0. The quantitative estimate of drug-likeness (QED) is 0.597. The second-order valence-corrected chi connectivity index (χ2v) is 2.72. The Kier molecular flexibility index (Phi) is 2.24. The Morgan fingerprint density at radius 2 is 1.80 bits per heavy atom. The molecule has 0 aromatic carbocycles. The van der Waals surface area contributed by atoms with Crippen LogP contribution in [0.15, 0.2) is 6.07 Å². The molecule has 0 unspecified atom stereocenters. The van der Waals surface area contributed by atoms with Gasteiger partial charge in [0.1, 0.15) is 5.15 Å². The van der Waals surface area contributed by atoms with E-state index in [1.165, 1.54) is 6.07 Å². The van der Waals surface area contributed by atoms with E-state index in [2.05, 4.69) is 4.98 Å². The van der Waals surface area contributed by atoms with Gasteiger partial charge in [0.2, 0.25) is 0 Å². The van der Waals surface area contributed by atoms with Gasteiger partial charge in [0.05, 0.1) is 10.0 Å². The number of pyridine rings is 1. The molecule has 1 aromatic rings. The fourth-order valence-corrected chi connectivity index (χ4v) is 0.918. The molecule has 1 aromatic heterocycles. The predicted octanol–water partition coefficient (Wildman–Crippen LogP) is 2.12. The van der Waals surface area contributed by atoms with Crippen molar-refractivity contribution in [2.24, 2.45) is 0 Å². The lowest BCUT2D eigenvalue weighted by molar-refractivity contribution is -0.274. The lowest BCUT2D eigenvalue weighted by Crippen LogP contribution is -1.94. The summed E-state index contributed by atoms with van der Waals surface area (Å²) in [6.45, 7) is 0. The number of hydrogen-bond acceptors (Lipinski definition) is 2. The molecule has 5 heteroatoms. The number of rotatable bonds is 0. The predicted molar refractivity (Wildman–Crippen MR) is 38.7 cm³/mol. The van der Waals surface area contributed by atoms with Crippen LogP contribution in [0.1, 0.15) is 0 Å². The highest BCUT2D eigenvalue weighted by atomic mass is 35.5. The second kappa shape index (κ2) is 2.82. The van der Waals surface area contributed by atoms with Crippen LogP contribution in [0, 0.1) is 0 Å². The minimum atomic E-state index is -0.559. The van der Waals surface area contributed by atoms with Crippen LogP contribution in [0.25, 0.3) is 0 Å². The molecule has 0 amide bonds. The molecule has 0 atom stereocenters. The lowest BCUT2D eigenvalue weighted by atomic mass is 10.5. The van der Waals surface area contributed by atoms with Gasteiger partial charge in [-0.15, -0.1) is 0 Å². The first kappa shape index (κ1) is 7.92. The maximum Gasteiger partial charge on any atom is 0.146 e. The summed E-state index contributed by atoms with van der Waals surface area (Å²) in [6, 6.07) is 1.26. The first-order chi connectivity index (χ1) is 4.61. The van der Waals surface area contributed by atoms with Crippen molar-refractivity contribution >= 4 is 34.8 Å². The largest absolute Gasteiger partial charge is 0.858 e. The molecule has 0 radical (unpaired) electrons. The molecule has 0 bridgehead atoms.